The maximum absolute atomic E-state index is 5.89. The number of halogens is 1. The normalized spacial score (nSPS) is 14.2. The number of para-hydroxylation sites is 1. The van der Waals surface area contributed by atoms with E-state index in [2.05, 4.69) is 53.4 Å². The molecule has 1 nitrogen and oxygen atoms in total. The third-order valence-electron chi connectivity index (χ3n) is 4.04. The Kier molecular flexibility index (Phi) is 4.27. The van der Waals surface area contributed by atoms with Crippen molar-refractivity contribution in [3.05, 3.63) is 65.2 Å². The molecule has 0 saturated carbocycles. The number of benzene rings is 2. The molecule has 104 valence electrons. The summed E-state index contributed by atoms with van der Waals surface area (Å²) >= 11 is 5.89. The summed E-state index contributed by atoms with van der Waals surface area (Å²) in [5.74, 6) is 0.723. The van der Waals surface area contributed by atoms with Gasteiger partial charge >= 0.3 is 0 Å². The zero-order valence-electron chi connectivity index (χ0n) is 11.7. The molecule has 0 N–H and O–H groups in total. The first-order valence-electron chi connectivity index (χ1n) is 7.34. The van der Waals surface area contributed by atoms with Crippen LogP contribution in [0, 0.1) is 0 Å². The maximum atomic E-state index is 5.89. The van der Waals surface area contributed by atoms with Crippen LogP contribution in [0.25, 0.3) is 0 Å². The van der Waals surface area contributed by atoms with Gasteiger partial charge in [0, 0.05) is 24.7 Å². The van der Waals surface area contributed by atoms with Gasteiger partial charge in [0.15, 0.2) is 0 Å². The Hall–Kier alpha value is -1.47. The third-order valence-corrected chi connectivity index (χ3v) is 4.30. The highest BCUT2D eigenvalue weighted by atomic mass is 35.5. The second kappa shape index (κ2) is 6.32. The average Bonchev–Trinajstić information content (AvgIpc) is 2.48. The van der Waals surface area contributed by atoms with E-state index in [0.717, 1.165) is 38.2 Å². The van der Waals surface area contributed by atoms with Crippen molar-refractivity contribution in [3.8, 4) is 0 Å². The van der Waals surface area contributed by atoms with Gasteiger partial charge in [-0.05, 0) is 42.0 Å². The summed E-state index contributed by atoms with van der Waals surface area (Å²) in [6.07, 6.45) is 3.28. The van der Waals surface area contributed by atoms with E-state index in [0.29, 0.717) is 0 Å². The Morgan fingerprint density at radius 3 is 2.30 bits per heavy atom. The van der Waals surface area contributed by atoms with Crippen LogP contribution in [0.4, 0.5) is 5.69 Å². The fourth-order valence-electron chi connectivity index (χ4n) is 3.00. The number of alkyl halides is 1. The van der Waals surface area contributed by atoms with Crippen molar-refractivity contribution >= 4 is 17.3 Å². The summed E-state index contributed by atoms with van der Waals surface area (Å²) in [5, 5.41) is 0. The number of aryl methyl sites for hydroxylation is 2. The molecular weight excluding hydrogens is 266 g/mol. The van der Waals surface area contributed by atoms with Crippen LogP contribution in [0.3, 0.4) is 0 Å². The number of rotatable bonds is 3. The third kappa shape index (κ3) is 2.83. The van der Waals surface area contributed by atoms with Gasteiger partial charge in [-0.1, -0.05) is 42.5 Å². The molecule has 1 heterocycles. The van der Waals surface area contributed by atoms with Crippen molar-refractivity contribution in [1.29, 1.82) is 0 Å². The Labute approximate surface area is 126 Å². The highest BCUT2D eigenvalue weighted by molar-refractivity contribution is 6.17. The average molecular weight is 286 g/mol. The number of hydrogen-bond donors (Lipinski definition) is 0. The quantitative estimate of drug-likeness (QED) is 0.755. The van der Waals surface area contributed by atoms with Gasteiger partial charge in [-0.3, -0.25) is 0 Å². The van der Waals surface area contributed by atoms with Crippen LogP contribution in [0.15, 0.2) is 48.5 Å². The molecule has 0 radical (unpaired) electrons. The van der Waals surface area contributed by atoms with Crippen LogP contribution in [-0.2, 0) is 19.4 Å². The molecule has 3 rings (SSSR count). The second-order valence-corrected chi connectivity index (χ2v) is 5.74. The molecule has 0 aliphatic carbocycles. The molecule has 0 atom stereocenters. The van der Waals surface area contributed by atoms with Crippen LogP contribution >= 0.6 is 11.6 Å². The molecule has 1 aliphatic heterocycles. The summed E-state index contributed by atoms with van der Waals surface area (Å²) in [6.45, 7) is 2.01. The van der Waals surface area contributed by atoms with Gasteiger partial charge in [-0.15, -0.1) is 11.6 Å². The van der Waals surface area contributed by atoms with Gasteiger partial charge in [-0.25, -0.2) is 0 Å². The van der Waals surface area contributed by atoms with Crippen molar-refractivity contribution < 1.29 is 0 Å². The van der Waals surface area contributed by atoms with Gasteiger partial charge in [0.2, 0.25) is 0 Å². The van der Waals surface area contributed by atoms with Crippen LogP contribution in [0.1, 0.15) is 23.1 Å². The summed E-state index contributed by atoms with van der Waals surface area (Å²) in [4.78, 5) is 2.48. The largest absolute Gasteiger partial charge is 0.367 e. The second-order valence-electron chi connectivity index (χ2n) is 5.36. The summed E-state index contributed by atoms with van der Waals surface area (Å²) in [7, 11) is 0. The minimum Gasteiger partial charge on any atom is -0.367 e. The number of nitrogens with zero attached hydrogens (tertiary/aromatic N) is 1. The van der Waals surface area contributed by atoms with E-state index in [9.17, 15) is 0 Å². The van der Waals surface area contributed by atoms with Crippen molar-refractivity contribution in [3.63, 3.8) is 0 Å². The fraction of sp³-hybridized carbons (Fsp3) is 0.333. The minimum absolute atomic E-state index is 0.723. The van der Waals surface area contributed by atoms with Gasteiger partial charge in [0.05, 0.1) is 0 Å². The van der Waals surface area contributed by atoms with E-state index in [1.165, 1.54) is 22.4 Å². The first kappa shape index (κ1) is 13.5. The molecule has 2 heteroatoms. The topological polar surface area (TPSA) is 3.24 Å². The summed E-state index contributed by atoms with van der Waals surface area (Å²) < 4.78 is 0. The predicted octanol–water partition coefficient (Wildman–Crippen LogP) is 4.42. The fourth-order valence-corrected chi connectivity index (χ4v) is 3.12. The first-order chi connectivity index (χ1) is 9.88. The van der Waals surface area contributed by atoms with Crippen LogP contribution in [0.5, 0.6) is 0 Å². The smallest absolute Gasteiger partial charge is 0.0432 e. The van der Waals surface area contributed by atoms with E-state index in [-0.39, 0.29) is 0 Å². The molecular formula is C18H20ClN. The van der Waals surface area contributed by atoms with E-state index < -0.39 is 0 Å². The lowest BCUT2D eigenvalue weighted by Crippen LogP contribution is -2.27. The lowest BCUT2D eigenvalue weighted by molar-refractivity contribution is 0.743. The monoisotopic (exact) mass is 285 g/mol. The summed E-state index contributed by atoms with van der Waals surface area (Å²) in [5.41, 5.74) is 5.78. The zero-order valence-corrected chi connectivity index (χ0v) is 12.4. The van der Waals surface area contributed by atoms with E-state index in [4.69, 9.17) is 11.6 Å². The molecule has 0 amide bonds. The number of anilines is 1. The Balaban J connectivity index is 1.97. The molecule has 0 saturated heterocycles. The molecule has 0 fully saturated rings. The molecule has 1 aliphatic rings. The highest BCUT2D eigenvalue weighted by Gasteiger charge is 2.16. The molecule has 2 aromatic rings. The minimum atomic E-state index is 0.723. The van der Waals surface area contributed by atoms with Crippen LogP contribution in [0.2, 0.25) is 0 Å². The van der Waals surface area contributed by atoms with Crippen LogP contribution in [-0.4, -0.2) is 12.4 Å². The molecule has 0 bridgehead atoms. The van der Waals surface area contributed by atoms with Crippen molar-refractivity contribution in [2.75, 3.05) is 17.3 Å². The number of hydrogen-bond acceptors (Lipinski definition) is 1. The Bertz CT molecular complexity index is 579. The highest BCUT2D eigenvalue weighted by Crippen LogP contribution is 2.28. The maximum Gasteiger partial charge on any atom is 0.0432 e. The van der Waals surface area contributed by atoms with E-state index in [1.54, 1.807) is 0 Å². The molecule has 2 aromatic carbocycles. The van der Waals surface area contributed by atoms with Crippen molar-refractivity contribution in [2.45, 2.75) is 25.8 Å². The van der Waals surface area contributed by atoms with Gasteiger partial charge in [0.1, 0.15) is 0 Å². The van der Waals surface area contributed by atoms with Gasteiger partial charge in [0.25, 0.3) is 0 Å². The summed E-state index contributed by atoms with van der Waals surface area (Å²) in [6, 6.07) is 17.6. The van der Waals surface area contributed by atoms with E-state index in [1.807, 2.05) is 0 Å². The zero-order chi connectivity index (χ0) is 13.8. The molecule has 20 heavy (non-hydrogen) atoms. The Morgan fingerprint density at radius 2 is 1.50 bits per heavy atom. The van der Waals surface area contributed by atoms with E-state index >= 15 is 0 Å². The van der Waals surface area contributed by atoms with Crippen LogP contribution < -0.4 is 4.90 Å². The number of fused-ring (bicyclic) bond motifs is 2. The standard InChI is InChI=1S/C18H20ClN/c19-12-5-13-20-14-17-8-2-1-6-15(17)10-11-16-7-3-4-9-18(16)20/h1-4,6-9H,5,10-14H2. The van der Waals surface area contributed by atoms with Crippen molar-refractivity contribution in [1.82, 2.24) is 0 Å². The van der Waals surface area contributed by atoms with Crippen molar-refractivity contribution in [2.24, 2.45) is 0 Å². The first-order valence-corrected chi connectivity index (χ1v) is 7.87. The Morgan fingerprint density at radius 1 is 0.850 bits per heavy atom. The molecule has 0 unspecified atom stereocenters. The molecule has 0 aromatic heterocycles. The van der Waals surface area contributed by atoms with Gasteiger partial charge < -0.3 is 4.90 Å². The molecule has 0 spiro atoms. The lowest BCUT2D eigenvalue weighted by atomic mass is 9.95. The van der Waals surface area contributed by atoms with Gasteiger partial charge in [-0.2, -0.15) is 0 Å². The lowest BCUT2D eigenvalue weighted by Gasteiger charge is -2.30. The predicted molar refractivity (Wildman–Crippen MR) is 86.7 cm³/mol. The SMILES string of the molecule is ClCCCN1Cc2ccccc2CCc2ccccc21.